The van der Waals surface area contributed by atoms with Gasteiger partial charge in [-0.25, -0.2) is 0 Å². The normalized spacial score (nSPS) is 11.2. The third-order valence-electron chi connectivity index (χ3n) is 6.43. The zero-order valence-corrected chi connectivity index (χ0v) is 22.3. The van der Waals surface area contributed by atoms with E-state index >= 15 is 0 Å². The minimum Gasteiger partial charge on any atom is -0.361 e. The fraction of sp³-hybridized carbons (Fsp3) is 0.0625. The van der Waals surface area contributed by atoms with E-state index in [0.717, 1.165) is 43.2 Å². The summed E-state index contributed by atoms with van der Waals surface area (Å²) in [7, 11) is 0. The molecule has 0 atom stereocenters. The summed E-state index contributed by atoms with van der Waals surface area (Å²) in [4.78, 5) is 21.3. The van der Waals surface area contributed by atoms with Crippen LogP contribution in [0.5, 0.6) is 0 Å². The molecular formula is C32H27BrN4O. The standard InChI is InChI=1S/C32H27BrN4O/c1-21(32(38)37-18-23-9-7-22(17-34)8-10-23)28-15-25(24-5-3-2-4-6-24)11-13-30(28)35-19-26-20-36-31-14-12-27(33)16-29(26)31/h2-16,19-20,36H,1,17-18,34H2,(H,37,38). The Morgan fingerprint density at radius 3 is 2.47 bits per heavy atom. The van der Waals surface area contributed by atoms with E-state index < -0.39 is 0 Å². The van der Waals surface area contributed by atoms with Crippen molar-refractivity contribution in [2.45, 2.75) is 13.1 Å². The molecule has 0 saturated carbocycles. The number of nitrogens with zero attached hydrogens (tertiary/aromatic N) is 1. The maximum atomic E-state index is 13.2. The molecule has 6 heteroatoms. The van der Waals surface area contributed by atoms with Gasteiger partial charge in [-0.05, 0) is 52.6 Å². The molecule has 4 N–H and O–H groups in total. The molecule has 0 spiro atoms. The van der Waals surface area contributed by atoms with Crippen LogP contribution < -0.4 is 11.1 Å². The number of benzene rings is 4. The third kappa shape index (κ3) is 5.67. The Hall–Kier alpha value is -4.26. The number of hydrogen-bond acceptors (Lipinski definition) is 3. The van der Waals surface area contributed by atoms with Gasteiger partial charge >= 0.3 is 0 Å². The lowest BCUT2D eigenvalue weighted by Gasteiger charge is -2.13. The third-order valence-corrected chi connectivity index (χ3v) is 6.93. The number of halogens is 1. The summed E-state index contributed by atoms with van der Waals surface area (Å²) >= 11 is 3.54. The van der Waals surface area contributed by atoms with E-state index in [2.05, 4.69) is 38.9 Å². The molecule has 1 amide bonds. The van der Waals surface area contributed by atoms with Gasteiger partial charge in [0.05, 0.1) is 5.69 Å². The van der Waals surface area contributed by atoms with E-state index in [1.165, 1.54) is 0 Å². The number of H-pyrrole nitrogens is 1. The number of nitrogens with one attached hydrogen (secondary N) is 2. The average Bonchev–Trinajstić information content (AvgIpc) is 3.37. The molecule has 1 aromatic heterocycles. The lowest BCUT2D eigenvalue weighted by Crippen LogP contribution is -2.23. The summed E-state index contributed by atoms with van der Waals surface area (Å²) in [5.74, 6) is -0.245. The molecule has 38 heavy (non-hydrogen) atoms. The van der Waals surface area contributed by atoms with Crippen molar-refractivity contribution < 1.29 is 4.79 Å². The molecular weight excluding hydrogens is 536 g/mol. The van der Waals surface area contributed by atoms with Crippen LogP contribution in [0.25, 0.3) is 27.6 Å². The molecule has 0 aliphatic heterocycles. The van der Waals surface area contributed by atoms with Gasteiger partial charge in [0.2, 0.25) is 0 Å². The quantitative estimate of drug-likeness (QED) is 0.139. The number of nitrogens with two attached hydrogens (primary N) is 1. The number of aliphatic imine (C=N–C) groups is 1. The number of fused-ring (bicyclic) bond motifs is 1. The number of carbonyl (C=O) groups excluding carboxylic acids is 1. The van der Waals surface area contributed by atoms with Crippen LogP contribution in [0.1, 0.15) is 22.3 Å². The van der Waals surface area contributed by atoms with Crippen LogP contribution in [0.15, 0.2) is 113 Å². The molecule has 5 aromatic rings. The second-order valence-corrected chi connectivity index (χ2v) is 9.89. The van der Waals surface area contributed by atoms with Crippen LogP contribution in [0, 0.1) is 0 Å². The second kappa shape index (κ2) is 11.4. The van der Waals surface area contributed by atoms with Crippen molar-refractivity contribution in [3.8, 4) is 11.1 Å². The van der Waals surface area contributed by atoms with Gasteiger partial charge in [-0.2, -0.15) is 0 Å². The maximum Gasteiger partial charge on any atom is 0.251 e. The number of carbonyl (C=O) groups is 1. The first kappa shape index (κ1) is 25.4. The van der Waals surface area contributed by atoms with Crippen molar-refractivity contribution in [2.75, 3.05) is 0 Å². The van der Waals surface area contributed by atoms with Crippen LogP contribution in [0.3, 0.4) is 0 Å². The molecule has 5 nitrogen and oxygen atoms in total. The number of hydrogen-bond donors (Lipinski definition) is 3. The lowest BCUT2D eigenvalue weighted by molar-refractivity contribution is -0.115. The van der Waals surface area contributed by atoms with Crippen LogP contribution in [-0.4, -0.2) is 17.1 Å². The van der Waals surface area contributed by atoms with Gasteiger partial charge in [-0.15, -0.1) is 0 Å². The molecule has 0 saturated heterocycles. The molecule has 0 fully saturated rings. The second-order valence-electron chi connectivity index (χ2n) is 8.97. The Bertz CT molecular complexity index is 1640. The van der Waals surface area contributed by atoms with Gasteiger partial charge in [-0.3, -0.25) is 9.79 Å². The first-order valence-electron chi connectivity index (χ1n) is 12.3. The Morgan fingerprint density at radius 1 is 0.947 bits per heavy atom. The van der Waals surface area contributed by atoms with E-state index in [0.29, 0.717) is 29.9 Å². The Labute approximate surface area is 230 Å². The average molecular weight is 563 g/mol. The molecule has 188 valence electrons. The highest BCUT2D eigenvalue weighted by Crippen LogP contribution is 2.32. The minimum absolute atomic E-state index is 0.245. The minimum atomic E-state index is -0.245. The van der Waals surface area contributed by atoms with Crippen molar-refractivity contribution >= 4 is 50.2 Å². The highest BCUT2D eigenvalue weighted by Gasteiger charge is 2.15. The number of aromatic amines is 1. The number of aromatic nitrogens is 1. The zero-order chi connectivity index (χ0) is 26.5. The van der Waals surface area contributed by atoms with Gasteiger partial charge in [0, 0.05) is 57.6 Å². The van der Waals surface area contributed by atoms with Crippen molar-refractivity contribution in [1.82, 2.24) is 10.3 Å². The van der Waals surface area contributed by atoms with Gasteiger partial charge in [0.15, 0.2) is 0 Å². The largest absolute Gasteiger partial charge is 0.361 e. The van der Waals surface area contributed by atoms with Crippen molar-refractivity contribution in [2.24, 2.45) is 10.7 Å². The lowest BCUT2D eigenvalue weighted by atomic mass is 9.97. The van der Waals surface area contributed by atoms with Crippen molar-refractivity contribution in [3.05, 3.63) is 130 Å². The fourth-order valence-electron chi connectivity index (χ4n) is 4.27. The van der Waals surface area contributed by atoms with Crippen LogP contribution >= 0.6 is 15.9 Å². The zero-order valence-electron chi connectivity index (χ0n) is 20.7. The topological polar surface area (TPSA) is 83.3 Å². The van der Waals surface area contributed by atoms with Crippen LogP contribution in [0.2, 0.25) is 0 Å². The van der Waals surface area contributed by atoms with E-state index in [1.807, 2.05) is 97.3 Å². The summed E-state index contributed by atoms with van der Waals surface area (Å²) in [6.07, 6.45) is 3.74. The van der Waals surface area contributed by atoms with Crippen LogP contribution in [-0.2, 0) is 17.9 Å². The predicted molar refractivity (Wildman–Crippen MR) is 160 cm³/mol. The molecule has 1 heterocycles. The first-order chi connectivity index (χ1) is 18.5. The molecule has 0 bridgehead atoms. The monoisotopic (exact) mass is 562 g/mol. The molecule has 0 radical (unpaired) electrons. The smallest absolute Gasteiger partial charge is 0.251 e. The van der Waals surface area contributed by atoms with E-state index in [1.54, 1.807) is 0 Å². The predicted octanol–water partition coefficient (Wildman–Crippen LogP) is 7.14. The fourth-order valence-corrected chi connectivity index (χ4v) is 4.63. The Morgan fingerprint density at radius 2 is 1.71 bits per heavy atom. The van der Waals surface area contributed by atoms with Crippen molar-refractivity contribution in [1.29, 1.82) is 0 Å². The van der Waals surface area contributed by atoms with Gasteiger partial charge in [0.1, 0.15) is 0 Å². The maximum absolute atomic E-state index is 13.2. The molecule has 5 rings (SSSR count). The summed E-state index contributed by atoms with van der Waals surface area (Å²) in [5.41, 5.74) is 13.5. The first-order valence-corrected chi connectivity index (χ1v) is 13.1. The Balaban J connectivity index is 1.45. The van der Waals surface area contributed by atoms with E-state index in [4.69, 9.17) is 10.7 Å². The van der Waals surface area contributed by atoms with Crippen LogP contribution in [0.4, 0.5) is 5.69 Å². The van der Waals surface area contributed by atoms with Gasteiger partial charge < -0.3 is 16.0 Å². The molecule has 0 aliphatic carbocycles. The van der Waals surface area contributed by atoms with E-state index in [9.17, 15) is 4.79 Å². The Kier molecular flexibility index (Phi) is 7.63. The summed E-state index contributed by atoms with van der Waals surface area (Å²) in [6.45, 7) is 5.03. The summed E-state index contributed by atoms with van der Waals surface area (Å²) in [6, 6.07) is 29.9. The SMILES string of the molecule is C=C(C(=O)NCc1ccc(CN)cc1)c1cc(-c2ccccc2)ccc1N=Cc1c[nH]c2ccc(Br)cc12. The molecule has 0 unspecified atom stereocenters. The highest BCUT2D eigenvalue weighted by atomic mass is 79.9. The van der Waals surface area contributed by atoms with Crippen molar-refractivity contribution in [3.63, 3.8) is 0 Å². The summed E-state index contributed by atoms with van der Waals surface area (Å²) in [5, 5.41) is 4.05. The van der Waals surface area contributed by atoms with E-state index in [-0.39, 0.29) is 5.91 Å². The van der Waals surface area contributed by atoms with Gasteiger partial charge in [-0.1, -0.05) is 83.2 Å². The molecule has 4 aromatic carbocycles. The number of rotatable bonds is 8. The number of amides is 1. The summed E-state index contributed by atoms with van der Waals surface area (Å²) < 4.78 is 0.995. The molecule has 0 aliphatic rings. The highest BCUT2D eigenvalue weighted by molar-refractivity contribution is 9.10. The van der Waals surface area contributed by atoms with Gasteiger partial charge in [0.25, 0.3) is 5.91 Å².